The maximum atomic E-state index is 13.4. The Bertz CT molecular complexity index is 209. The number of fused-ring (bicyclic) bond motifs is 1. The summed E-state index contributed by atoms with van der Waals surface area (Å²) >= 11 is 1.99. The standard InChI is InChI=1S/C11H20FNS/c1-9(2)14-8-11-4-3-5-13(11)7-10(12)6-11/h9-10H,3-8H2,1-2H3/t10-,11+/m1/s1. The number of nitrogens with zero attached hydrogens (tertiary/aromatic N) is 1. The second kappa shape index (κ2) is 4.01. The third-order valence-electron chi connectivity index (χ3n) is 3.45. The van der Waals surface area contributed by atoms with Crippen molar-refractivity contribution < 1.29 is 4.39 Å². The normalized spacial score (nSPS) is 38.1. The van der Waals surface area contributed by atoms with E-state index in [9.17, 15) is 4.39 Å². The van der Waals surface area contributed by atoms with Crippen LogP contribution in [0.1, 0.15) is 33.1 Å². The molecule has 0 spiro atoms. The SMILES string of the molecule is CC(C)SC[C@@]12CCCN1C[C@H](F)C2. The highest BCUT2D eigenvalue weighted by molar-refractivity contribution is 7.99. The predicted octanol–water partition coefficient (Wildman–Crippen LogP) is 2.70. The largest absolute Gasteiger partial charge is 0.294 e. The molecule has 0 unspecified atom stereocenters. The molecule has 0 radical (unpaired) electrons. The van der Waals surface area contributed by atoms with Gasteiger partial charge in [-0.3, -0.25) is 4.90 Å². The van der Waals surface area contributed by atoms with E-state index in [0.717, 1.165) is 18.7 Å². The summed E-state index contributed by atoms with van der Waals surface area (Å²) < 4.78 is 13.4. The van der Waals surface area contributed by atoms with E-state index in [-0.39, 0.29) is 5.54 Å². The van der Waals surface area contributed by atoms with Gasteiger partial charge in [0.2, 0.25) is 0 Å². The minimum Gasteiger partial charge on any atom is -0.294 e. The van der Waals surface area contributed by atoms with Crippen molar-refractivity contribution in [2.75, 3.05) is 18.8 Å². The van der Waals surface area contributed by atoms with Crippen LogP contribution in [0.25, 0.3) is 0 Å². The highest BCUT2D eigenvalue weighted by Crippen LogP contribution is 2.42. The molecular weight excluding hydrogens is 197 g/mol. The van der Waals surface area contributed by atoms with Crippen LogP contribution in [0.15, 0.2) is 0 Å². The van der Waals surface area contributed by atoms with Crippen molar-refractivity contribution in [2.24, 2.45) is 0 Å². The zero-order chi connectivity index (χ0) is 10.2. The van der Waals surface area contributed by atoms with Crippen LogP contribution in [-0.4, -0.2) is 40.7 Å². The molecule has 2 heterocycles. The summed E-state index contributed by atoms with van der Waals surface area (Å²) in [7, 11) is 0. The zero-order valence-electron chi connectivity index (χ0n) is 9.13. The van der Waals surface area contributed by atoms with Crippen LogP contribution in [-0.2, 0) is 0 Å². The fourth-order valence-corrected chi connectivity index (χ4v) is 3.86. The van der Waals surface area contributed by atoms with E-state index in [0.29, 0.717) is 11.8 Å². The Hall–Kier alpha value is 0.240. The Labute approximate surface area is 90.4 Å². The fourth-order valence-electron chi connectivity index (χ4n) is 2.77. The van der Waals surface area contributed by atoms with Gasteiger partial charge in [0.05, 0.1) is 0 Å². The smallest absolute Gasteiger partial charge is 0.115 e. The Morgan fingerprint density at radius 2 is 2.36 bits per heavy atom. The first-order chi connectivity index (χ1) is 6.62. The van der Waals surface area contributed by atoms with Gasteiger partial charge in [-0.15, -0.1) is 0 Å². The van der Waals surface area contributed by atoms with Gasteiger partial charge in [-0.1, -0.05) is 13.8 Å². The quantitative estimate of drug-likeness (QED) is 0.715. The average Bonchev–Trinajstić information content (AvgIpc) is 2.56. The monoisotopic (exact) mass is 217 g/mol. The third kappa shape index (κ3) is 1.94. The van der Waals surface area contributed by atoms with E-state index in [1.165, 1.54) is 12.8 Å². The molecule has 0 aromatic heterocycles. The van der Waals surface area contributed by atoms with Crippen LogP contribution >= 0.6 is 11.8 Å². The molecule has 2 fully saturated rings. The number of halogens is 1. The van der Waals surface area contributed by atoms with Crippen molar-refractivity contribution in [1.82, 2.24) is 4.90 Å². The van der Waals surface area contributed by atoms with Crippen LogP contribution in [0.2, 0.25) is 0 Å². The van der Waals surface area contributed by atoms with Crippen molar-refractivity contribution in [2.45, 2.75) is 50.1 Å². The van der Waals surface area contributed by atoms with Gasteiger partial charge in [-0.25, -0.2) is 4.39 Å². The molecule has 0 aromatic rings. The first-order valence-electron chi connectivity index (χ1n) is 5.63. The van der Waals surface area contributed by atoms with Gasteiger partial charge in [0, 0.05) is 17.8 Å². The second-order valence-electron chi connectivity index (χ2n) is 4.94. The second-order valence-corrected chi connectivity index (χ2v) is 6.50. The lowest BCUT2D eigenvalue weighted by Crippen LogP contribution is -2.40. The molecule has 2 aliphatic heterocycles. The highest BCUT2D eigenvalue weighted by Gasteiger charge is 2.48. The molecule has 2 aliphatic rings. The Kier molecular flexibility index (Phi) is 3.08. The summed E-state index contributed by atoms with van der Waals surface area (Å²) in [6.07, 6.45) is 2.70. The number of thioether (sulfide) groups is 1. The van der Waals surface area contributed by atoms with Crippen molar-refractivity contribution in [3.05, 3.63) is 0 Å². The fraction of sp³-hybridized carbons (Fsp3) is 1.00. The van der Waals surface area contributed by atoms with E-state index in [4.69, 9.17) is 0 Å². The van der Waals surface area contributed by atoms with Crippen LogP contribution in [0.5, 0.6) is 0 Å². The number of alkyl halides is 1. The molecule has 82 valence electrons. The van der Waals surface area contributed by atoms with Gasteiger partial charge in [0.25, 0.3) is 0 Å². The minimum atomic E-state index is -0.567. The zero-order valence-corrected chi connectivity index (χ0v) is 9.95. The molecule has 0 aromatic carbocycles. The van der Waals surface area contributed by atoms with E-state index in [1.807, 2.05) is 11.8 Å². The van der Waals surface area contributed by atoms with Crippen LogP contribution in [0.4, 0.5) is 4.39 Å². The van der Waals surface area contributed by atoms with Gasteiger partial charge in [0.1, 0.15) is 6.17 Å². The Morgan fingerprint density at radius 3 is 3.07 bits per heavy atom. The number of rotatable bonds is 3. The van der Waals surface area contributed by atoms with Crippen LogP contribution < -0.4 is 0 Å². The molecule has 1 nitrogen and oxygen atoms in total. The molecule has 14 heavy (non-hydrogen) atoms. The average molecular weight is 217 g/mol. The molecule has 0 amide bonds. The first kappa shape index (κ1) is 10.7. The van der Waals surface area contributed by atoms with Gasteiger partial charge >= 0.3 is 0 Å². The summed E-state index contributed by atoms with van der Waals surface area (Å²) in [5, 5.41) is 0.672. The Balaban J connectivity index is 1.98. The summed E-state index contributed by atoms with van der Waals surface area (Å²) in [6.45, 7) is 6.27. The van der Waals surface area contributed by atoms with Crippen molar-refractivity contribution in [3.8, 4) is 0 Å². The molecule has 2 rings (SSSR count). The lowest BCUT2D eigenvalue weighted by Gasteiger charge is -2.31. The van der Waals surface area contributed by atoms with Gasteiger partial charge in [-0.2, -0.15) is 11.8 Å². The van der Waals surface area contributed by atoms with Crippen molar-refractivity contribution in [1.29, 1.82) is 0 Å². The highest BCUT2D eigenvalue weighted by atomic mass is 32.2. The van der Waals surface area contributed by atoms with E-state index >= 15 is 0 Å². The molecule has 0 aliphatic carbocycles. The van der Waals surface area contributed by atoms with E-state index < -0.39 is 6.17 Å². The van der Waals surface area contributed by atoms with Crippen molar-refractivity contribution >= 4 is 11.8 Å². The summed E-state index contributed by atoms with van der Waals surface area (Å²) in [5.74, 6) is 1.13. The molecule has 2 atom stereocenters. The number of hydrogen-bond donors (Lipinski definition) is 0. The molecule has 2 saturated heterocycles. The van der Waals surface area contributed by atoms with Gasteiger partial charge < -0.3 is 0 Å². The third-order valence-corrected chi connectivity index (χ3v) is 4.82. The number of hydrogen-bond acceptors (Lipinski definition) is 2. The summed E-state index contributed by atoms with van der Waals surface area (Å²) in [5.41, 5.74) is 0.231. The molecule has 0 saturated carbocycles. The van der Waals surface area contributed by atoms with Crippen LogP contribution in [0.3, 0.4) is 0 Å². The van der Waals surface area contributed by atoms with Crippen LogP contribution in [0, 0.1) is 0 Å². The maximum Gasteiger partial charge on any atom is 0.115 e. The predicted molar refractivity (Wildman–Crippen MR) is 60.6 cm³/mol. The molecule has 0 N–H and O–H groups in total. The summed E-state index contributed by atoms with van der Waals surface area (Å²) in [6, 6.07) is 0. The Morgan fingerprint density at radius 1 is 1.57 bits per heavy atom. The van der Waals surface area contributed by atoms with Gasteiger partial charge in [-0.05, 0) is 31.1 Å². The lowest BCUT2D eigenvalue weighted by atomic mass is 9.96. The van der Waals surface area contributed by atoms with E-state index in [1.54, 1.807) is 0 Å². The van der Waals surface area contributed by atoms with E-state index in [2.05, 4.69) is 18.7 Å². The minimum absolute atomic E-state index is 0.231. The molecule has 3 heteroatoms. The van der Waals surface area contributed by atoms with Gasteiger partial charge in [0.15, 0.2) is 0 Å². The molecule has 0 bridgehead atoms. The summed E-state index contributed by atoms with van der Waals surface area (Å²) in [4.78, 5) is 2.40. The topological polar surface area (TPSA) is 3.24 Å². The molecular formula is C11H20FNS. The van der Waals surface area contributed by atoms with Crippen molar-refractivity contribution in [3.63, 3.8) is 0 Å². The first-order valence-corrected chi connectivity index (χ1v) is 6.68. The maximum absolute atomic E-state index is 13.4. The lowest BCUT2D eigenvalue weighted by molar-refractivity contribution is 0.222.